The average Bonchev–Trinajstić information content (AvgIpc) is 2.93. The summed E-state index contributed by atoms with van der Waals surface area (Å²) in [5.41, 5.74) is 1.16. The third-order valence-corrected chi connectivity index (χ3v) is 5.42. The van der Waals surface area contributed by atoms with Crippen LogP contribution >= 0.6 is 0 Å². The zero-order valence-corrected chi connectivity index (χ0v) is 15.1. The Balaban J connectivity index is 1.44. The normalized spacial score (nSPS) is 23.9. The van der Waals surface area contributed by atoms with Crippen molar-refractivity contribution in [2.24, 2.45) is 0 Å². The Morgan fingerprint density at radius 3 is 2.44 bits per heavy atom. The molecule has 2 amide bonds. The smallest absolute Gasteiger partial charge is 0.271 e. The van der Waals surface area contributed by atoms with Crippen LogP contribution in [-0.2, 0) is 0 Å². The Morgan fingerprint density at radius 2 is 1.81 bits per heavy atom. The zero-order valence-electron chi connectivity index (χ0n) is 15.1. The van der Waals surface area contributed by atoms with Crippen molar-refractivity contribution in [2.45, 2.75) is 50.7 Å². The molecule has 0 spiro atoms. The monoisotopic (exact) mass is 368 g/mol. The van der Waals surface area contributed by atoms with Crippen LogP contribution in [0.5, 0.6) is 0 Å². The van der Waals surface area contributed by atoms with Gasteiger partial charge >= 0.3 is 0 Å². The summed E-state index contributed by atoms with van der Waals surface area (Å²) in [6, 6.07) is 6.11. The van der Waals surface area contributed by atoms with Gasteiger partial charge in [-0.15, -0.1) is 0 Å². The molecule has 2 fully saturated rings. The number of hydrogen-bond acceptors (Lipinski definition) is 4. The van der Waals surface area contributed by atoms with E-state index in [-0.39, 0.29) is 41.2 Å². The summed E-state index contributed by atoms with van der Waals surface area (Å²) in [4.78, 5) is 35.3. The van der Waals surface area contributed by atoms with Crippen LogP contribution in [0.2, 0.25) is 0 Å². The summed E-state index contributed by atoms with van der Waals surface area (Å²) >= 11 is 0. The minimum Gasteiger partial charge on any atom is -0.348 e. The molecule has 3 heterocycles. The fraction of sp³-hybridized carbons (Fsp3) is 0.400. The molecule has 2 saturated heterocycles. The lowest BCUT2D eigenvalue weighted by Crippen LogP contribution is -2.52. The molecular weight excluding hydrogens is 347 g/mol. The predicted molar refractivity (Wildman–Crippen MR) is 96.6 cm³/mol. The molecule has 2 aliphatic heterocycles. The molecule has 2 aliphatic rings. The molecule has 4 rings (SSSR count). The first-order valence-corrected chi connectivity index (χ1v) is 9.19. The van der Waals surface area contributed by atoms with E-state index < -0.39 is 5.82 Å². The molecular formula is C20H21FN4O2. The number of halogens is 1. The van der Waals surface area contributed by atoms with Gasteiger partial charge in [0.15, 0.2) is 0 Å². The molecule has 1 aromatic carbocycles. The van der Waals surface area contributed by atoms with E-state index in [0.717, 1.165) is 18.5 Å². The number of benzene rings is 1. The largest absolute Gasteiger partial charge is 0.348 e. The molecule has 1 unspecified atom stereocenters. The second-order valence-electron chi connectivity index (χ2n) is 7.26. The van der Waals surface area contributed by atoms with Gasteiger partial charge in [0.1, 0.15) is 11.5 Å². The van der Waals surface area contributed by atoms with Crippen molar-refractivity contribution in [1.29, 1.82) is 0 Å². The first-order chi connectivity index (χ1) is 13.0. The van der Waals surface area contributed by atoms with Crippen molar-refractivity contribution in [3.8, 4) is 0 Å². The van der Waals surface area contributed by atoms with Crippen LogP contribution in [0.3, 0.4) is 0 Å². The highest BCUT2D eigenvalue weighted by atomic mass is 19.1. The number of hydrogen-bond donors (Lipinski definition) is 1. The maximum Gasteiger partial charge on any atom is 0.271 e. The number of nitrogens with one attached hydrogen (secondary N) is 1. The number of aryl methyl sites for hydroxylation is 1. The molecule has 0 aliphatic carbocycles. The number of carbonyl (C=O) groups is 2. The summed E-state index contributed by atoms with van der Waals surface area (Å²) in [7, 11) is 0. The fourth-order valence-corrected chi connectivity index (χ4v) is 4.17. The molecule has 1 aromatic heterocycles. The van der Waals surface area contributed by atoms with E-state index in [4.69, 9.17) is 0 Å². The van der Waals surface area contributed by atoms with Gasteiger partial charge in [-0.2, -0.15) is 0 Å². The summed E-state index contributed by atoms with van der Waals surface area (Å²) in [5, 5.41) is 3.01. The Hall–Kier alpha value is -2.83. The first-order valence-electron chi connectivity index (χ1n) is 9.19. The van der Waals surface area contributed by atoms with E-state index in [2.05, 4.69) is 15.3 Å². The first kappa shape index (κ1) is 17.6. The van der Waals surface area contributed by atoms with Crippen LogP contribution < -0.4 is 5.32 Å². The van der Waals surface area contributed by atoms with Crippen molar-refractivity contribution >= 4 is 11.8 Å². The van der Waals surface area contributed by atoms with Crippen LogP contribution in [0.1, 0.15) is 52.2 Å². The van der Waals surface area contributed by atoms with Gasteiger partial charge in [0.05, 0.1) is 17.5 Å². The van der Waals surface area contributed by atoms with Crippen LogP contribution in [0, 0.1) is 12.7 Å². The summed E-state index contributed by atoms with van der Waals surface area (Å²) in [6.45, 7) is 1.81. The molecule has 0 radical (unpaired) electrons. The van der Waals surface area contributed by atoms with Gasteiger partial charge in [0, 0.05) is 24.3 Å². The second kappa shape index (κ2) is 7.06. The fourth-order valence-electron chi connectivity index (χ4n) is 4.17. The van der Waals surface area contributed by atoms with Crippen molar-refractivity contribution in [1.82, 2.24) is 20.2 Å². The van der Waals surface area contributed by atoms with Gasteiger partial charge in [-0.05, 0) is 44.7 Å². The molecule has 3 atom stereocenters. The number of rotatable bonds is 3. The number of piperidine rings is 1. The van der Waals surface area contributed by atoms with Gasteiger partial charge in [-0.25, -0.2) is 9.37 Å². The van der Waals surface area contributed by atoms with E-state index in [1.165, 1.54) is 18.3 Å². The van der Waals surface area contributed by atoms with Crippen molar-refractivity contribution in [3.05, 3.63) is 59.4 Å². The number of nitrogens with zero attached hydrogens (tertiary/aromatic N) is 3. The standard InChI is InChI=1S/C20H21FN4O2/c1-12-10-23-18(11-22-12)19(26)24-13-8-14-6-7-15(9-13)25(14)20(27)16-4-2-3-5-17(16)21/h2-5,10-11,13-15H,6-9H2,1H3,(H,24,26)/t13?,14-,15+. The Kier molecular flexibility index (Phi) is 4.59. The SMILES string of the molecule is Cc1cnc(C(=O)NC2C[C@H]3CC[C@@H](C2)N3C(=O)c2ccccc2F)cn1. The molecule has 27 heavy (non-hydrogen) atoms. The van der Waals surface area contributed by atoms with Crippen LogP contribution in [0.15, 0.2) is 36.7 Å². The molecule has 6 nitrogen and oxygen atoms in total. The van der Waals surface area contributed by atoms with Gasteiger partial charge in [-0.3, -0.25) is 14.6 Å². The quantitative estimate of drug-likeness (QED) is 0.903. The van der Waals surface area contributed by atoms with E-state index in [9.17, 15) is 14.0 Å². The highest BCUT2D eigenvalue weighted by Gasteiger charge is 2.44. The summed E-state index contributed by atoms with van der Waals surface area (Å²) in [5.74, 6) is -0.995. The van der Waals surface area contributed by atoms with Gasteiger partial charge in [0.25, 0.3) is 11.8 Å². The molecule has 1 N–H and O–H groups in total. The lowest BCUT2D eigenvalue weighted by Gasteiger charge is -2.39. The highest BCUT2D eigenvalue weighted by molar-refractivity contribution is 5.95. The molecule has 2 aromatic rings. The maximum absolute atomic E-state index is 14.0. The predicted octanol–water partition coefficient (Wildman–Crippen LogP) is 2.49. The van der Waals surface area contributed by atoms with Crippen LogP contribution in [-0.4, -0.2) is 44.8 Å². The highest BCUT2D eigenvalue weighted by Crippen LogP contribution is 2.37. The lowest BCUT2D eigenvalue weighted by molar-refractivity contribution is 0.0545. The van der Waals surface area contributed by atoms with E-state index in [0.29, 0.717) is 12.8 Å². The maximum atomic E-state index is 14.0. The number of carbonyl (C=O) groups excluding carboxylic acids is 2. The van der Waals surface area contributed by atoms with Crippen molar-refractivity contribution in [3.63, 3.8) is 0 Å². The molecule has 2 bridgehead atoms. The Morgan fingerprint density at radius 1 is 1.11 bits per heavy atom. The number of amides is 2. The topological polar surface area (TPSA) is 75.2 Å². The van der Waals surface area contributed by atoms with Crippen molar-refractivity contribution in [2.75, 3.05) is 0 Å². The van der Waals surface area contributed by atoms with Gasteiger partial charge in [-0.1, -0.05) is 12.1 Å². The zero-order chi connectivity index (χ0) is 19.0. The van der Waals surface area contributed by atoms with Gasteiger partial charge in [0.2, 0.25) is 0 Å². The third-order valence-electron chi connectivity index (χ3n) is 5.42. The minimum atomic E-state index is -0.490. The van der Waals surface area contributed by atoms with Gasteiger partial charge < -0.3 is 10.2 Å². The Bertz CT molecular complexity index is 857. The minimum absolute atomic E-state index is 0.0188. The number of fused-ring (bicyclic) bond motifs is 2. The second-order valence-corrected chi connectivity index (χ2v) is 7.26. The van der Waals surface area contributed by atoms with Crippen LogP contribution in [0.4, 0.5) is 4.39 Å². The summed E-state index contributed by atoms with van der Waals surface area (Å²) < 4.78 is 14.0. The van der Waals surface area contributed by atoms with E-state index >= 15 is 0 Å². The number of aromatic nitrogens is 2. The molecule has 7 heteroatoms. The summed E-state index contributed by atoms with van der Waals surface area (Å²) in [6.07, 6.45) is 6.12. The molecule has 0 saturated carbocycles. The van der Waals surface area contributed by atoms with E-state index in [1.54, 1.807) is 18.3 Å². The Labute approximate surface area is 156 Å². The van der Waals surface area contributed by atoms with Crippen molar-refractivity contribution < 1.29 is 14.0 Å². The molecule has 140 valence electrons. The average molecular weight is 368 g/mol. The van der Waals surface area contributed by atoms with E-state index in [1.807, 2.05) is 11.8 Å². The third kappa shape index (κ3) is 3.41. The van der Waals surface area contributed by atoms with Crippen LogP contribution in [0.25, 0.3) is 0 Å². The lowest BCUT2D eigenvalue weighted by atomic mass is 9.96.